The van der Waals surface area contributed by atoms with Crippen molar-refractivity contribution in [1.29, 1.82) is 0 Å². The molecule has 0 saturated heterocycles. The second-order valence-corrected chi connectivity index (χ2v) is 4.96. The van der Waals surface area contributed by atoms with Crippen molar-refractivity contribution >= 4 is 10.8 Å². The molecule has 21 heavy (non-hydrogen) atoms. The van der Waals surface area contributed by atoms with Crippen LogP contribution in [0.1, 0.15) is 17.2 Å². The Labute approximate surface area is 124 Å². The molecule has 0 saturated carbocycles. The van der Waals surface area contributed by atoms with Crippen LogP contribution in [-0.2, 0) is 4.74 Å². The van der Waals surface area contributed by atoms with Crippen LogP contribution >= 0.6 is 0 Å². The second kappa shape index (κ2) is 5.98. The van der Waals surface area contributed by atoms with Gasteiger partial charge < -0.3 is 9.47 Å². The highest BCUT2D eigenvalue weighted by molar-refractivity contribution is 5.86. The molecule has 3 rings (SSSR count). The predicted molar refractivity (Wildman–Crippen MR) is 85.8 cm³/mol. The molecule has 0 radical (unpaired) electrons. The van der Waals surface area contributed by atoms with E-state index < -0.39 is 0 Å². The van der Waals surface area contributed by atoms with E-state index in [9.17, 15) is 0 Å². The molecule has 0 bridgehead atoms. The first kappa shape index (κ1) is 13.7. The highest BCUT2D eigenvalue weighted by Gasteiger charge is 2.15. The molecule has 0 heterocycles. The third-order valence-corrected chi connectivity index (χ3v) is 3.76. The lowest BCUT2D eigenvalue weighted by molar-refractivity contribution is 0.137. The molecule has 2 nitrogen and oxygen atoms in total. The summed E-state index contributed by atoms with van der Waals surface area (Å²) in [6.07, 6.45) is -0.0815. The molecule has 0 aliphatic rings. The van der Waals surface area contributed by atoms with Crippen molar-refractivity contribution in [3.05, 3.63) is 77.9 Å². The van der Waals surface area contributed by atoms with Crippen LogP contribution in [-0.4, -0.2) is 14.2 Å². The Morgan fingerprint density at radius 3 is 2.19 bits per heavy atom. The smallest absolute Gasteiger partial charge is 0.118 e. The van der Waals surface area contributed by atoms with E-state index in [0.717, 1.165) is 11.3 Å². The zero-order valence-electron chi connectivity index (χ0n) is 12.2. The summed E-state index contributed by atoms with van der Waals surface area (Å²) >= 11 is 0. The van der Waals surface area contributed by atoms with Gasteiger partial charge in [-0.05, 0) is 34.0 Å². The van der Waals surface area contributed by atoms with E-state index in [-0.39, 0.29) is 6.10 Å². The summed E-state index contributed by atoms with van der Waals surface area (Å²) in [5.41, 5.74) is 2.30. The van der Waals surface area contributed by atoms with Crippen molar-refractivity contribution in [3.8, 4) is 5.75 Å². The van der Waals surface area contributed by atoms with Gasteiger partial charge in [0.05, 0.1) is 7.11 Å². The maximum absolute atomic E-state index is 5.76. The van der Waals surface area contributed by atoms with Gasteiger partial charge in [0.2, 0.25) is 0 Å². The number of fused-ring (bicyclic) bond motifs is 1. The summed E-state index contributed by atoms with van der Waals surface area (Å²) in [5.74, 6) is 0.853. The first-order chi connectivity index (χ1) is 10.3. The minimum Gasteiger partial charge on any atom is -0.497 e. The van der Waals surface area contributed by atoms with Crippen LogP contribution in [0.3, 0.4) is 0 Å². The zero-order valence-corrected chi connectivity index (χ0v) is 12.2. The third-order valence-electron chi connectivity index (χ3n) is 3.76. The van der Waals surface area contributed by atoms with Gasteiger partial charge in [0.1, 0.15) is 11.9 Å². The monoisotopic (exact) mass is 278 g/mol. The SMILES string of the molecule is COc1ccc(C(OC)c2cccc3ccccc23)cc1. The van der Waals surface area contributed by atoms with Crippen molar-refractivity contribution in [2.75, 3.05) is 14.2 Å². The molecular weight excluding hydrogens is 260 g/mol. The van der Waals surface area contributed by atoms with E-state index in [1.807, 2.05) is 12.1 Å². The molecule has 0 spiro atoms. The van der Waals surface area contributed by atoms with Gasteiger partial charge in [0.15, 0.2) is 0 Å². The van der Waals surface area contributed by atoms with E-state index in [1.165, 1.54) is 16.3 Å². The first-order valence-electron chi connectivity index (χ1n) is 6.98. The van der Waals surface area contributed by atoms with Gasteiger partial charge in [-0.1, -0.05) is 54.6 Å². The van der Waals surface area contributed by atoms with Crippen LogP contribution in [0.4, 0.5) is 0 Å². The van der Waals surface area contributed by atoms with Crippen LogP contribution in [0.2, 0.25) is 0 Å². The highest BCUT2D eigenvalue weighted by atomic mass is 16.5. The fourth-order valence-electron chi connectivity index (χ4n) is 2.70. The normalized spacial score (nSPS) is 12.3. The summed E-state index contributed by atoms with van der Waals surface area (Å²) in [6.45, 7) is 0. The minimum absolute atomic E-state index is 0.0815. The van der Waals surface area contributed by atoms with Crippen LogP contribution in [0, 0.1) is 0 Å². The third kappa shape index (κ3) is 2.63. The van der Waals surface area contributed by atoms with E-state index in [1.54, 1.807) is 14.2 Å². The molecule has 1 atom stereocenters. The Bertz CT molecular complexity index is 727. The highest BCUT2D eigenvalue weighted by Crippen LogP contribution is 2.32. The zero-order chi connectivity index (χ0) is 14.7. The summed E-state index contributed by atoms with van der Waals surface area (Å²) < 4.78 is 11.0. The van der Waals surface area contributed by atoms with Gasteiger partial charge in [0.25, 0.3) is 0 Å². The maximum atomic E-state index is 5.76. The van der Waals surface area contributed by atoms with Crippen molar-refractivity contribution in [2.24, 2.45) is 0 Å². The molecule has 0 aromatic heterocycles. The molecule has 3 aromatic rings. The lowest BCUT2D eigenvalue weighted by Gasteiger charge is -2.18. The standard InChI is InChI=1S/C19H18O2/c1-20-16-12-10-15(11-13-16)19(21-2)18-9-5-7-14-6-3-4-8-17(14)18/h3-13,19H,1-2H3. The Balaban J connectivity index is 2.09. The van der Waals surface area contributed by atoms with Gasteiger partial charge in [-0.25, -0.2) is 0 Å². The van der Waals surface area contributed by atoms with Gasteiger partial charge in [-0.2, -0.15) is 0 Å². The quantitative estimate of drug-likeness (QED) is 0.695. The van der Waals surface area contributed by atoms with Crippen molar-refractivity contribution < 1.29 is 9.47 Å². The number of rotatable bonds is 4. The number of hydrogen-bond donors (Lipinski definition) is 0. The lowest BCUT2D eigenvalue weighted by atomic mass is 9.96. The van der Waals surface area contributed by atoms with Crippen molar-refractivity contribution in [1.82, 2.24) is 0 Å². The van der Waals surface area contributed by atoms with Crippen LogP contribution in [0.25, 0.3) is 10.8 Å². The van der Waals surface area contributed by atoms with Gasteiger partial charge in [0, 0.05) is 7.11 Å². The predicted octanol–water partition coefficient (Wildman–Crippen LogP) is 4.58. The topological polar surface area (TPSA) is 18.5 Å². The van der Waals surface area contributed by atoms with Gasteiger partial charge >= 0.3 is 0 Å². The largest absolute Gasteiger partial charge is 0.497 e. The Morgan fingerprint density at radius 2 is 1.48 bits per heavy atom. The molecule has 0 aliphatic heterocycles. The van der Waals surface area contributed by atoms with Crippen molar-refractivity contribution in [3.63, 3.8) is 0 Å². The number of ether oxygens (including phenoxy) is 2. The molecule has 0 fully saturated rings. The molecule has 0 aliphatic carbocycles. The molecule has 2 heteroatoms. The fourth-order valence-corrected chi connectivity index (χ4v) is 2.70. The summed E-state index contributed by atoms with van der Waals surface area (Å²) in [7, 11) is 3.42. The molecular formula is C19H18O2. The van der Waals surface area contributed by atoms with Crippen LogP contribution in [0.5, 0.6) is 5.75 Å². The summed E-state index contributed by atoms with van der Waals surface area (Å²) in [5, 5.41) is 2.45. The molecule has 0 amide bonds. The average Bonchev–Trinajstić information content (AvgIpc) is 2.56. The maximum Gasteiger partial charge on any atom is 0.118 e. The van der Waals surface area contributed by atoms with Gasteiger partial charge in [-0.3, -0.25) is 0 Å². The summed E-state index contributed by atoms with van der Waals surface area (Å²) in [6, 6.07) is 22.7. The summed E-state index contributed by atoms with van der Waals surface area (Å²) in [4.78, 5) is 0. The average molecular weight is 278 g/mol. The molecule has 1 unspecified atom stereocenters. The van der Waals surface area contributed by atoms with Crippen LogP contribution in [0.15, 0.2) is 66.7 Å². The molecule has 3 aromatic carbocycles. The lowest BCUT2D eigenvalue weighted by Crippen LogP contribution is -2.04. The van der Waals surface area contributed by atoms with E-state index >= 15 is 0 Å². The fraction of sp³-hybridized carbons (Fsp3) is 0.158. The van der Waals surface area contributed by atoms with E-state index in [0.29, 0.717) is 0 Å². The molecule has 106 valence electrons. The number of hydrogen-bond acceptors (Lipinski definition) is 2. The number of benzene rings is 3. The Kier molecular flexibility index (Phi) is 3.89. The minimum atomic E-state index is -0.0815. The number of methoxy groups -OCH3 is 2. The molecule has 0 N–H and O–H groups in total. The second-order valence-electron chi connectivity index (χ2n) is 4.96. The first-order valence-corrected chi connectivity index (χ1v) is 6.98. The Hall–Kier alpha value is -2.32. The Morgan fingerprint density at radius 1 is 0.762 bits per heavy atom. The van der Waals surface area contributed by atoms with E-state index in [4.69, 9.17) is 9.47 Å². The van der Waals surface area contributed by atoms with E-state index in [2.05, 4.69) is 54.6 Å². The van der Waals surface area contributed by atoms with Crippen LogP contribution < -0.4 is 4.74 Å². The van der Waals surface area contributed by atoms with Gasteiger partial charge in [-0.15, -0.1) is 0 Å². The van der Waals surface area contributed by atoms with Crippen molar-refractivity contribution in [2.45, 2.75) is 6.10 Å².